The van der Waals surface area contributed by atoms with Crippen LogP contribution in [-0.2, 0) is 18.9 Å². The Hall–Kier alpha value is -4.01. The van der Waals surface area contributed by atoms with Crippen molar-refractivity contribution < 1.29 is 38.4 Å². The molecular formula is C27H24O8. The molecule has 4 rings (SSSR count). The molecular weight excluding hydrogens is 452 g/mol. The number of ether oxygens (including phenoxy) is 4. The molecule has 5 atom stereocenters. The summed E-state index contributed by atoms with van der Waals surface area (Å²) in [6.45, 7) is 1.56. The largest absolute Gasteiger partial charge is 0.452 e. The first-order valence-corrected chi connectivity index (χ1v) is 11.1. The van der Waals surface area contributed by atoms with Crippen molar-refractivity contribution in [1.82, 2.24) is 0 Å². The van der Waals surface area contributed by atoms with Crippen LogP contribution in [-0.4, -0.2) is 53.7 Å². The normalized spacial score (nSPS) is 23.7. The van der Waals surface area contributed by atoms with E-state index in [-0.39, 0.29) is 16.7 Å². The van der Waals surface area contributed by atoms with E-state index in [1.54, 1.807) is 97.9 Å². The third-order valence-corrected chi connectivity index (χ3v) is 5.50. The molecule has 1 aliphatic rings. The maximum absolute atomic E-state index is 12.9. The number of aliphatic hydroxyl groups excluding tert-OH is 1. The summed E-state index contributed by atoms with van der Waals surface area (Å²) < 4.78 is 22.4. The van der Waals surface area contributed by atoms with E-state index in [9.17, 15) is 19.5 Å². The van der Waals surface area contributed by atoms with Gasteiger partial charge in [-0.25, -0.2) is 14.4 Å². The van der Waals surface area contributed by atoms with Gasteiger partial charge >= 0.3 is 17.9 Å². The van der Waals surface area contributed by atoms with Crippen molar-refractivity contribution in [2.24, 2.45) is 0 Å². The molecule has 0 aromatic heterocycles. The van der Waals surface area contributed by atoms with Gasteiger partial charge in [-0.3, -0.25) is 0 Å². The van der Waals surface area contributed by atoms with Crippen molar-refractivity contribution in [2.45, 2.75) is 37.6 Å². The zero-order valence-electron chi connectivity index (χ0n) is 18.9. The van der Waals surface area contributed by atoms with Gasteiger partial charge in [0.25, 0.3) is 0 Å². The summed E-state index contributed by atoms with van der Waals surface area (Å²) in [5.41, 5.74) is 0.739. The summed E-state index contributed by atoms with van der Waals surface area (Å²) in [6.07, 6.45) is -6.48. The van der Waals surface area contributed by atoms with Crippen LogP contribution < -0.4 is 0 Å². The maximum atomic E-state index is 12.9. The van der Waals surface area contributed by atoms with E-state index < -0.39 is 48.6 Å². The van der Waals surface area contributed by atoms with Crippen LogP contribution in [0.15, 0.2) is 91.0 Å². The average Bonchev–Trinajstić information content (AvgIpc) is 2.89. The van der Waals surface area contributed by atoms with E-state index in [0.717, 1.165) is 0 Å². The van der Waals surface area contributed by atoms with Gasteiger partial charge < -0.3 is 24.1 Å². The highest BCUT2D eigenvalue weighted by Gasteiger charge is 2.50. The number of hydrogen-bond donors (Lipinski definition) is 1. The third kappa shape index (κ3) is 5.74. The quantitative estimate of drug-likeness (QED) is 0.426. The van der Waals surface area contributed by atoms with E-state index in [4.69, 9.17) is 18.9 Å². The molecule has 0 saturated carbocycles. The molecule has 180 valence electrons. The van der Waals surface area contributed by atoms with Crippen molar-refractivity contribution in [3.8, 4) is 0 Å². The van der Waals surface area contributed by atoms with Crippen molar-refractivity contribution >= 4 is 17.9 Å². The smallest absolute Gasteiger partial charge is 0.338 e. The molecule has 0 spiro atoms. The number of carbonyl (C=O) groups is 3. The first-order chi connectivity index (χ1) is 16.9. The second-order valence-electron chi connectivity index (χ2n) is 7.94. The van der Waals surface area contributed by atoms with E-state index in [1.807, 2.05) is 0 Å². The van der Waals surface area contributed by atoms with Crippen LogP contribution in [0.4, 0.5) is 0 Å². The van der Waals surface area contributed by atoms with Crippen LogP contribution in [0.5, 0.6) is 0 Å². The Kier molecular flexibility index (Phi) is 7.54. The van der Waals surface area contributed by atoms with Gasteiger partial charge in [0.1, 0.15) is 0 Å². The number of carbonyl (C=O) groups excluding carboxylic acids is 3. The highest BCUT2D eigenvalue weighted by molar-refractivity contribution is 5.91. The Labute approximate surface area is 202 Å². The number of esters is 3. The van der Waals surface area contributed by atoms with Crippen molar-refractivity contribution in [2.75, 3.05) is 0 Å². The van der Waals surface area contributed by atoms with Gasteiger partial charge in [0.15, 0.2) is 24.6 Å². The Bertz CT molecular complexity index is 1080. The minimum absolute atomic E-state index is 0.226. The molecule has 0 unspecified atom stereocenters. The summed E-state index contributed by atoms with van der Waals surface area (Å²) in [4.78, 5) is 38.5. The topological polar surface area (TPSA) is 108 Å². The molecule has 35 heavy (non-hydrogen) atoms. The van der Waals surface area contributed by atoms with Crippen LogP contribution in [0, 0.1) is 0 Å². The predicted octanol–water partition coefficient (Wildman–Crippen LogP) is 3.40. The average molecular weight is 476 g/mol. The van der Waals surface area contributed by atoms with Gasteiger partial charge in [-0.1, -0.05) is 54.6 Å². The third-order valence-electron chi connectivity index (χ3n) is 5.50. The summed E-state index contributed by atoms with van der Waals surface area (Å²) in [5.74, 6) is -2.18. The van der Waals surface area contributed by atoms with Crippen LogP contribution in [0.3, 0.4) is 0 Å². The first kappa shape index (κ1) is 24.1. The lowest BCUT2D eigenvalue weighted by atomic mass is 9.98. The zero-order valence-corrected chi connectivity index (χ0v) is 18.9. The Balaban J connectivity index is 1.63. The minimum Gasteiger partial charge on any atom is -0.452 e. The van der Waals surface area contributed by atoms with Gasteiger partial charge in [-0.05, 0) is 43.3 Å². The Morgan fingerprint density at radius 1 is 0.600 bits per heavy atom. The fourth-order valence-corrected chi connectivity index (χ4v) is 3.71. The van der Waals surface area contributed by atoms with Gasteiger partial charge in [0.05, 0.1) is 22.8 Å². The van der Waals surface area contributed by atoms with E-state index in [0.29, 0.717) is 0 Å². The Morgan fingerprint density at radius 3 is 1.34 bits per heavy atom. The lowest BCUT2D eigenvalue weighted by Crippen LogP contribution is -2.60. The van der Waals surface area contributed by atoms with E-state index in [1.165, 1.54) is 0 Å². The lowest BCUT2D eigenvalue weighted by molar-refractivity contribution is -0.275. The molecule has 8 nitrogen and oxygen atoms in total. The maximum Gasteiger partial charge on any atom is 0.338 e. The molecule has 0 bridgehead atoms. The second kappa shape index (κ2) is 10.9. The summed E-state index contributed by atoms with van der Waals surface area (Å²) in [7, 11) is 0. The standard InChI is InChI=1S/C27H24O8/c1-17-21(33-24(28)18-11-5-2-6-12-18)22(34-25(29)19-13-7-3-8-14-19)23(27(31)32-17)35-26(30)20-15-9-4-10-16-20/h2-17,21-23,27,31H,1H3/t17-,21-,22+,23+,27-/m1/s1. The van der Waals surface area contributed by atoms with Crippen LogP contribution >= 0.6 is 0 Å². The first-order valence-electron chi connectivity index (χ1n) is 11.1. The molecule has 1 N–H and O–H groups in total. The van der Waals surface area contributed by atoms with Gasteiger partial charge in [0.2, 0.25) is 0 Å². The van der Waals surface area contributed by atoms with E-state index in [2.05, 4.69) is 0 Å². The second-order valence-corrected chi connectivity index (χ2v) is 7.94. The summed E-state index contributed by atoms with van der Waals surface area (Å²) in [5, 5.41) is 10.6. The number of hydrogen-bond acceptors (Lipinski definition) is 8. The fraction of sp³-hybridized carbons (Fsp3) is 0.222. The van der Waals surface area contributed by atoms with Crippen molar-refractivity contribution in [3.05, 3.63) is 108 Å². The van der Waals surface area contributed by atoms with Gasteiger partial charge in [-0.2, -0.15) is 0 Å². The molecule has 3 aromatic carbocycles. The molecule has 8 heteroatoms. The van der Waals surface area contributed by atoms with E-state index >= 15 is 0 Å². The monoisotopic (exact) mass is 476 g/mol. The SMILES string of the molecule is C[C@H]1O[C@@H](O)[C@@H](OC(=O)c2ccccc2)[C@@H](OC(=O)c2ccccc2)[C@@H]1OC(=O)c1ccccc1. The molecule has 3 aromatic rings. The van der Waals surface area contributed by atoms with Crippen LogP contribution in [0.25, 0.3) is 0 Å². The summed E-state index contributed by atoms with van der Waals surface area (Å²) in [6, 6.07) is 24.6. The van der Waals surface area contributed by atoms with Crippen molar-refractivity contribution in [1.29, 1.82) is 0 Å². The fourth-order valence-electron chi connectivity index (χ4n) is 3.71. The molecule has 0 radical (unpaired) electrons. The highest BCUT2D eigenvalue weighted by Crippen LogP contribution is 2.29. The zero-order chi connectivity index (χ0) is 24.8. The van der Waals surface area contributed by atoms with Crippen LogP contribution in [0.1, 0.15) is 38.0 Å². The van der Waals surface area contributed by atoms with Gasteiger partial charge in [-0.15, -0.1) is 0 Å². The number of rotatable bonds is 6. The number of benzene rings is 3. The Morgan fingerprint density at radius 2 is 0.943 bits per heavy atom. The van der Waals surface area contributed by atoms with Crippen molar-refractivity contribution in [3.63, 3.8) is 0 Å². The van der Waals surface area contributed by atoms with Crippen LogP contribution in [0.2, 0.25) is 0 Å². The summed E-state index contributed by atoms with van der Waals surface area (Å²) >= 11 is 0. The predicted molar refractivity (Wildman–Crippen MR) is 123 cm³/mol. The van der Waals surface area contributed by atoms with Gasteiger partial charge in [0, 0.05) is 0 Å². The highest BCUT2D eigenvalue weighted by atomic mass is 16.7. The lowest BCUT2D eigenvalue weighted by Gasteiger charge is -2.42. The molecule has 1 aliphatic heterocycles. The minimum atomic E-state index is -1.63. The molecule has 0 aliphatic carbocycles. The number of aliphatic hydroxyl groups is 1. The molecule has 1 saturated heterocycles. The molecule has 1 fully saturated rings. The molecule has 1 heterocycles. The molecule has 0 amide bonds.